The summed E-state index contributed by atoms with van der Waals surface area (Å²) >= 11 is 1.25. The smallest absolute Gasteiger partial charge is 0.234 e. The van der Waals surface area contributed by atoms with Gasteiger partial charge >= 0.3 is 0 Å². The van der Waals surface area contributed by atoms with E-state index in [9.17, 15) is 14.0 Å². The Labute approximate surface area is 169 Å². The highest BCUT2D eigenvalue weighted by Gasteiger charge is 2.16. The quantitative estimate of drug-likeness (QED) is 0.675. The van der Waals surface area contributed by atoms with Gasteiger partial charge in [0.2, 0.25) is 11.8 Å². The summed E-state index contributed by atoms with van der Waals surface area (Å²) in [6, 6.07) is 13.8. The molecule has 0 saturated heterocycles. The maximum Gasteiger partial charge on any atom is 0.234 e. The van der Waals surface area contributed by atoms with Gasteiger partial charge in [-0.05, 0) is 56.4 Å². The number of nitrogens with zero attached hydrogens (tertiary/aromatic N) is 1. The highest BCUT2D eigenvalue weighted by Crippen LogP contribution is 2.18. The number of anilines is 1. The van der Waals surface area contributed by atoms with Crippen LogP contribution in [0.2, 0.25) is 0 Å². The predicted molar refractivity (Wildman–Crippen MR) is 113 cm³/mol. The Morgan fingerprint density at radius 3 is 2.46 bits per heavy atom. The first-order chi connectivity index (χ1) is 13.3. The molecule has 28 heavy (non-hydrogen) atoms. The van der Waals surface area contributed by atoms with E-state index in [4.69, 9.17) is 0 Å². The number of carbonyl (C=O) groups is 2. The van der Waals surface area contributed by atoms with Gasteiger partial charge in [-0.2, -0.15) is 0 Å². The molecule has 0 heterocycles. The van der Waals surface area contributed by atoms with E-state index >= 15 is 0 Å². The van der Waals surface area contributed by atoms with Gasteiger partial charge in [-0.25, -0.2) is 4.39 Å². The average molecular weight is 404 g/mol. The lowest BCUT2D eigenvalue weighted by molar-refractivity contribution is -0.118. The summed E-state index contributed by atoms with van der Waals surface area (Å²) in [5.41, 5.74) is 2.62. The van der Waals surface area contributed by atoms with E-state index in [2.05, 4.69) is 10.6 Å². The van der Waals surface area contributed by atoms with Crippen LogP contribution in [0, 0.1) is 12.7 Å². The summed E-state index contributed by atoms with van der Waals surface area (Å²) in [4.78, 5) is 26.0. The van der Waals surface area contributed by atoms with Crippen LogP contribution in [0.3, 0.4) is 0 Å². The standard InChI is InChI=1S/C21H26FN3O2S/c1-15-6-4-9-18(10-15)24-21(27)14-28-13-20(26)23-12-19(25(2)3)16-7-5-8-17(22)11-16/h4-11,19H,12-14H2,1-3H3,(H,23,26)(H,24,27). The van der Waals surface area contributed by atoms with Gasteiger partial charge in [0.1, 0.15) is 5.82 Å². The van der Waals surface area contributed by atoms with Gasteiger partial charge in [-0.15, -0.1) is 11.8 Å². The average Bonchev–Trinajstić information content (AvgIpc) is 2.61. The Bertz CT molecular complexity index is 814. The fourth-order valence-electron chi connectivity index (χ4n) is 2.73. The van der Waals surface area contributed by atoms with Crippen LogP contribution in [0.15, 0.2) is 48.5 Å². The summed E-state index contributed by atoms with van der Waals surface area (Å²) in [6.07, 6.45) is 0. The summed E-state index contributed by atoms with van der Waals surface area (Å²) in [5.74, 6) is -0.218. The lowest BCUT2D eigenvalue weighted by Crippen LogP contribution is -2.35. The molecule has 1 atom stereocenters. The molecule has 0 bridgehead atoms. The molecule has 0 aliphatic carbocycles. The van der Waals surface area contributed by atoms with Crippen LogP contribution in [0.25, 0.3) is 0 Å². The molecule has 2 aromatic carbocycles. The molecule has 1 unspecified atom stereocenters. The number of carbonyl (C=O) groups excluding carboxylic acids is 2. The van der Waals surface area contributed by atoms with Gasteiger partial charge in [0.05, 0.1) is 17.5 Å². The Balaban J connectivity index is 1.74. The number of hydrogen-bond donors (Lipinski definition) is 2. The Morgan fingerprint density at radius 1 is 1.07 bits per heavy atom. The van der Waals surface area contributed by atoms with Gasteiger partial charge in [-0.1, -0.05) is 24.3 Å². The second-order valence-corrected chi connectivity index (χ2v) is 7.73. The van der Waals surface area contributed by atoms with Crippen LogP contribution in [-0.4, -0.2) is 48.9 Å². The van der Waals surface area contributed by atoms with Gasteiger partial charge < -0.3 is 15.5 Å². The number of benzene rings is 2. The van der Waals surface area contributed by atoms with Gasteiger partial charge in [0.25, 0.3) is 0 Å². The fourth-order valence-corrected chi connectivity index (χ4v) is 3.38. The van der Waals surface area contributed by atoms with E-state index in [0.29, 0.717) is 6.54 Å². The van der Waals surface area contributed by atoms with Crippen molar-refractivity contribution in [2.45, 2.75) is 13.0 Å². The summed E-state index contributed by atoms with van der Waals surface area (Å²) in [6.45, 7) is 2.32. The molecule has 0 aromatic heterocycles. The molecule has 2 rings (SSSR count). The molecule has 0 spiro atoms. The van der Waals surface area contributed by atoms with Gasteiger partial charge in [0, 0.05) is 12.2 Å². The highest BCUT2D eigenvalue weighted by atomic mass is 32.2. The van der Waals surface area contributed by atoms with Crippen LogP contribution in [0.5, 0.6) is 0 Å². The van der Waals surface area contributed by atoms with Crippen LogP contribution in [-0.2, 0) is 9.59 Å². The molecule has 2 aromatic rings. The number of hydrogen-bond acceptors (Lipinski definition) is 4. The number of aryl methyl sites for hydroxylation is 1. The monoisotopic (exact) mass is 403 g/mol. The van der Waals surface area contributed by atoms with E-state index in [1.807, 2.05) is 56.3 Å². The largest absolute Gasteiger partial charge is 0.353 e. The zero-order valence-electron chi connectivity index (χ0n) is 16.4. The molecule has 0 aliphatic rings. The third-order valence-corrected chi connectivity index (χ3v) is 5.05. The highest BCUT2D eigenvalue weighted by molar-refractivity contribution is 8.00. The minimum Gasteiger partial charge on any atom is -0.353 e. The van der Waals surface area contributed by atoms with Crippen molar-refractivity contribution >= 4 is 29.3 Å². The molecular formula is C21H26FN3O2S. The third kappa shape index (κ3) is 7.32. The molecule has 2 N–H and O–H groups in total. The van der Waals surface area contributed by atoms with E-state index in [1.165, 1.54) is 23.9 Å². The molecule has 0 aliphatic heterocycles. The maximum atomic E-state index is 13.5. The van der Waals surface area contributed by atoms with E-state index in [1.54, 1.807) is 6.07 Å². The zero-order chi connectivity index (χ0) is 20.5. The van der Waals surface area contributed by atoms with Crippen molar-refractivity contribution in [3.63, 3.8) is 0 Å². The van der Waals surface area contributed by atoms with Gasteiger partial charge in [0.15, 0.2) is 0 Å². The van der Waals surface area contributed by atoms with Crippen LogP contribution in [0.1, 0.15) is 17.2 Å². The van der Waals surface area contributed by atoms with Crippen molar-refractivity contribution in [1.82, 2.24) is 10.2 Å². The first kappa shape index (κ1) is 21.9. The molecule has 0 saturated carbocycles. The minimum absolute atomic E-state index is 0.130. The first-order valence-corrected chi connectivity index (χ1v) is 10.1. The molecule has 5 nitrogen and oxygen atoms in total. The zero-order valence-corrected chi connectivity index (χ0v) is 17.2. The van der Waals surface area contributed by atoms with Gasteiger partial charge in [-0.3, -0.25) is 9.59 Å². The van der Waals surface area contributed by atoms with Crippen molar-refractivity contribution in [2.24, 2.45) is 0 Å². The second kappa shape index (κ2) is 10.8. The SMILES string of the molecule is Cc1cccc(NC(=O)CSCC(=O)NCC(c2cccc(F)c2)N(C)C)c1. The van der Waals surface area contributed by atoms with E-state index < -0.39 is 0 Å². The molecule has 0 radical (unpaired) electrons. The lowest BCUT2D eigenvalue weighted by Gasteiger charge is -2.25. The molecule has 0 fully saturated rings. The number of halogens is 1. The van der Waals surface area contributed by atoms with Crippen molar-refractivity contribution in [1.29, 1.82) is 0 Å². The number of nitrogens with one attached hydrogen (secondary N) is 2. The van der Waals surface area contributed by atoms with Crippen molar-refractivity contribution in [3.05, 3.63) is 65.5 Å². The lowest BCUT2D eigenvalue weighted by atomic mass is 10.1. The molecule has 7 heteroatoms. The predicted octanol–water partition coefficient (Wildman–Crippen LogP) is 3.22. The Kier molecular flexibility index (Phi) is 8.47. The third-order valence-electron chi connectivity index (χ3n) is 4.12. The van der Waals surface area contributed by atoms with Crippen molar-refractivity contribution < 1.29 is 14.0 Å². The fraction of sp³-hybridized carbons (Fsp3) is 0.333. The summed E-state index contributed by atoms with van der Waals surface area (Å²) < 4.78 is 13.5. The maximum absolute atomic E-state index is 13.5. The number of likely N-dealkylation sites (N-methyl/N-ethyl adjacent to an activating group) is 1. The first-order valence-electron chi connectivity index (χ1n) is 8.98. The summed E-state index contributed by atoms with van der Waals surface area (Å²) in [7, 11) is 3.76. The molecular weight excluding hydrogens is 377 g/mol. The van der Waals surface area contributed by atoms with E-state index in [-0.39, 0.29) is 35.2 Å². The Hall–Kier alpha value is -2.38. The number of amides is 2. The number of thioether (sulfide) groups is 1. The molecule has 150 valence electrons. The topological polar surface area (TPSA) is 61.4 Å². The van der Waals surface area contributed by atoms with Crippen molar-refractivity contribution in [3.8, 4) is 0 Å². The second-order valence-electron chi connectivity index (χ2n) is 6.75. The van der Waals surface area contributed by atoms with E-state index in [0.717, 1.165) is 16.8 Å². The summed E-state index contributed by atoms with van der Waals surface area (Å²) in [5, 5.41) is 5.67. The number of rotatable bonds is 9. The van der Waals surface area contributed by atoms with Crippen LogP contribution >= 0.6 is 11.8 Å². The minimum atomic E-state index is -0.300. The van der Waals surface area contributed by atoms with Crippen LogP contribution < -0.4 is 10.6 Å². The molecule has 2 amide bonds. The van der Waals surface area contributed by atoms with Crippen molar-refractivity contribution in [2.75, 3.05) is 37.5 Å². The Morgan fingerprint density at radius 2 is 1.79 bits per heavy atom. The van der Waals surface area contributed by atoms with Crippen LogP contribution in [0.4, 0.5) is 10.1 Å². The normalized spacial score (nSPS) is 11.9.